The SMILES string of the molecule is CC1CC2C(CN1)CC(C1CC(NC(=O)NCC3CCC(Cl)C(Cl)C3)CCC1C)C(=O)N2C. The first-order valence-corrected chi connectivity index (χ1v) is 13.9. The molecule has 6 nitrogen and oxygen atoms in total. The molecular formula is C25H42Cl2N4O2. The van der Waals surface area contributed by atoms with Gasteiger partial charge >= 0.3 is 6.03 Å². The molecule has 4 aliphatic rings. The second-order valence-electron chi connectivity index (χ2n) is 11.4. The lowest BCUT2D eigenvalue weighted by Crippen LogP contribution is -2.60. The Morgan fingerprint density at radius 3 is 2.61 bits per heavy atom. The van der Waals surface area contributed by atoms with Gasteiger partial charge in [0.25, 0.3) is 0 Å². The summed E-state index contributed by atoms with van der Waals surface area (Å²) in [5.41, 5.74) is 0. The Labute approximate surface area is 209 Å². The van der Waals surface area contributed by atoms with Gasteiger partial charge in [0.1, 0.15) is 0 Å². The number of halogens is 2. The number of likely N-dealkylation sites (tertiary alicyclic amines) is 1. The number of piperidine rings is 2. The van der Waals surface area contributed by atoms with Crippen LogP contribution in [0.1, 0.15) is 65.2 Å². The number of urea groups is 1. The molecule has 10 atom stereocenters. The molecule has 3 amide bonds. The molecule has 0 radical (unpaired) electrons. The van der Waals surface area contributed by atoms with E-state index in [4.69, 9.17) is 23.2 Å². The van der Waals surface area contributed by atoms with Crippen LogP contribution in [0.2, 0.25) is 0 Å². The van der Waals surface area contributed by atoms with Crippen LogP contribution in [0.4, 0.5) is 4.79 Å². The molecule has 0 bridgehead atoms. The quantitative estimate of drug-likeness (QED) is 0.511. The van der Waals surface area contributed by atoms with Crippen molar-refractivity contribution < 1.29 is 9.59 Å². The van der Waals surface area contributed by atoms with Crippen molar-refractivity contribution in [3.05, 3.63) is 0 Å². The van der Waals surface area contributed by atoms with Crippen LogP contribution >= 0.6 is 23.2 Å². The van der Waals surface area contributed by atoms with E-state index in [0.717, 1.165) is 57.9 Å². The molecule has 2 aliphatic heterocycles. The fourth-order valence-corrected chi connectivity index (χ4v) is 7.53. The third kappa shape index (κ3) is 5.92. The zero-order valence-corrected chi connectivity index (χ0v) is 21.9. The van der Waals surface area contributed by atoms with E-state index in [1.807, 2.05) is 11.9 Å². The van der Waals surface area contributed by atoms with Crippen molar-refractivity contribution in [2.24, 2.45) is 29.6 Å². The Hall–Kier alpha value is -0.720. The molecular weight excluding hydrogens is 459 g/mol. The summed E-state index contributed by atoms with van der Waals surface area (Å²) in [6, 6.07) is 0.875. The lowest BCUT2D eigenvalue weighted by Gasteiger charge is -2.50. The summed E-state index contributed by atoms with van der Waals surface area (Å²) in [5, 5.41) is 9.92. The highest BCUT2D eigenvalue weighted by molar-refractivity contribution is 6.30. The lowest BCUT2D eigenvalue weighted by molar-refractivity contribution is -0.148. The Morgan fingerprint density at radius 2 is 1.85 bits per heavy atom. The molecule has 2 saturated heterocycles. The average Bonchev–Trinajstić information content (AvgIpc) is 2.79. The van der Waals surface area contributed by atoms with E-state index in [1.54, 1.807) is 0 Å². The maximum atomic E-state index is 13.4. The molecule has 188 valence electrons. The van der Waals surface area contributed by atoms with Gasteiger partial charge in [0.2, 0.25) is 5.91 Å². The van der Waals surface area contributed by atoms with Crippen LogP contribution in [0.25, 0.3) is 0 Å². The van der Waals surface area contributed by atoms with E-state index in [1.165, 1.54) is 0 Å². The molecule has 3 N–H and O–H groups in total. The molecule has 0 spiro atoms. The monoisotopic (exact) mass is 500 g/mol. The molecule has 4 fully saturated rings. The highest BCUT2D eigenvalue weighted by Crippen LogP contribution is 2.43. The minimum absolute atomic E-state index is 0.01000. The summed E-state index contributed by atoms with van der Waals surface area (Å²) >= 11 is 12.5. The second kappa shape index (κ2) is 10.9. The van der Waals surface area contributed by atoms with Gasteiger partial charge < -0.3 is 20.9 Å². The van der Waals surface area contributed by atoms with Gasteiger partial charge in [-0.15, -0.1) is 23.2 Å². The molecule has 4 rings (SSSR count). The van der Waals surface area contributed by atoms with Gasteiger partial charge in [-0.3, -0.25) is 4.79 Å². The third-order valence-electron chi connectivity index (χ3n) is 9.05. The molecule has 0 aromatic carbocycles. The zero-order chi connectivity index (χ0) is 23.7. The van der Waals surface area contributed by atoms with Crippen molar-refractivity contribution >= 4 is 35.1 Å². The van der Waals surface area contributed by atoms with Gasteiger partial charge in [0, 0.05) is 49.6 Å². The molecule has 8 heteroatoms. The van der Waals surface area contributed by atoms with Crippen LogP contribution < -0.4 is 16.0 Å². The molecule has 10 unspecified atom stereocenters. The van der Waals surface area contributed by atoms with E-state index in [9.17, 15) is 9.59 Å². The van der Waals surface area contributed by atoms with Gasteiger partial charge in [-0.1, -0.05) is 6.92 Å². The number of rotatable bonds is 4. The van der Waals surface area contributed by atoms with Crippen molar-refractivity contribution in [1.29, 1.82) is 0 Å². The van der Waals surface area contributed by atoms with E-state index in [-0.39, 0.29) is 28.7 Å². The number of carbonyl (C=O) groups is 2. The first kappa shape index (κ1) is 25.4. The molecule has 0 aromatic rings. The standard InChI is InChI=1S/C25H42Cl2N4O2/c1-14-4-6-18(30-25(33)29-12-16-5-7-21(26)22(27)9-16)11-19(14)20-10-17-13-28-15(2)8-23(17)31(3)24(20)32/h14-23,28H,4-13H2,1-3H3,(H2,29,30,33). The Morgan fingerprint density at radius 1 is 1.06 bits per heavy atom. The van der Waals surface area contributed by atoms with Crippen molar-refractivity contribution in [3.8, 4) is 0 Å². The normalized spacial score (nSPS) is 44.2. The van der Waals surface area contributed by atoms with Crippen LogP contribution in [0.15, 0.2) is 0 Å². The summed E-state index contributed by atoms with van der Waals surface area (Å²) in [7, 11) is 2.00. The summed E-state index contributed by atoms with van der Waals surface area (Å²) in [5.74, 6) is 2.15. The van der Waals surface area contributed by atoms with E-state index >= 15 is 0 Å². The number of hydrogen-bond donors (Lipinski definition) is 3. The van der Waals surface area contributed by atoms with Crippen molar-refractivity contribution in [3.63, 3.8) is 0 Å². The smallest absolute Gasteiger partial charge is 0.315 e. The number of nitrogens with zero attached hydrogens (tertiary/aromatic N) is 1. The molecule has 2 saturated carbocycles. The lowest BCUT2D eigenvalue weighted by atomic mass is 9.65. The topological polar surface area (TPSA) is 73.5 Å². The third-order valence-corrected chi connectivity index (χ3v) is 10.2. The Kier molecular flexibility index (Phi) is 8.39. The van der Waals surface area contributed by atoms with Crippen molar-refractivity contribution in [1.82, 2.24) is 20.9 Å². The van der Waals surface area contributed by atoms with Gasteiger partial charge in [-0.2, -0.15) is 0 Å². The zero-order valence-electron chi connectivity index (χ0n) is 20.4. The molecule has 0 aromatic heterocycles. The van der Waals surface area contributed by atoms with E-state index in [0.29, 0.717) is 48.2 Å². The van der Waals surface area contributed by atoms with Crippen molar-refractivity contribution in [2.75, 3.05) is 20.1 Å². The number of hydrogen-bond acceptors (Lipinski definition) is 3. The highest BCUT2D eigenvalue weighted by atomic mass is 35.5. The minimum atomic E-state index is -0.0926. The Balaban J connectivity index is 1.29. The number of alkyl halides is 2. The van der Waals surface area contributed by atoms with E-state index in [2.05, 4.69) is 29.8 Å². The number of nitrogens with one attached hydrogen (secondary N) is 3. The van der Waals surface area contributed by atoms with Gasteiger partial charge in [-0.25, -0.2) is 4.79 Å². The van der Waals surface area contributed by atoms with Gasteiger partial charge in [-0.05, 0) is 82.0 Å². The number of carbonyl (C=O) groups excluding carboxylic acids is 2. The van der Waals surface area contributed by atoms with Gasteiger partial charge in [0.15, 0.2) is 0 Å². The van der Waals surface area contributed by atoms with Crippen LogP contribution in [0, 0.1) is 29.6 Å². The first-order chi connectivity index (χ1) is 15.7. The minimum Gasteiger partial charge on any atom is -0.342 e. The van der Waals surface area contributed by atoms with Crippen LogP contribution in [0.5, 0.6) is 0 Å². The van der Waals surface area contributed by atoms with Crippen LogP contribution in [-0.4, -0.2) is 65.9 Å². The predicted octanol–water partition coefficient (Wildman–Crippen LogP) is 3.95. The van der Waals surface area contributed by atoms with Crippen molar-refractivity contribution in [2.45, 2.75) is 94.1 Å². The predicted molar refractivity (Wildman–Crippen MR) is 134 cm³/mol. The number of fused-ring (bicyclic) bond motifs is 1. The maximum absolute atomic E-state index is 13.4. The summed E-state index contributed by atoms with van der Waals surface area (Å²) in [6.07, 6.45) is 7.72. The first-order valence-electron chi connectivity index (χ1n) is 13.1. The summed E-state index contributed by atoms with van der Waals surface area (Å²) in [6.45, 7) is 6.14. The summed E-state index contributed by atoms with van der Waals surface area (Å²) in [4.78, 5) is 28.1. The highest BCUT2D eigenvalue weighted by Gasteiger charge is 2.47. The average molecular weight is 502 g/mol. The summed E-state index contributed by atoms with van der Waals surface area (Å²) < 4.78 is 0. The second-order valence-corrected chi connectivity index (χ2v) is 12.5. The maximum Gasteiger partial charge on any atom is 0.315 e. The molecule has 2 aliphatic carbocycles. The Bertz CT molecular complexity index is 710. The van der Waals surface area contributed by atoms with Gasteiger partial charge in [0.05, 0.1) is 5.38 Å². The molecule has 2 heterocycles. The van der Waals surface area contributed by atoms with Crippen LogP contribution in [-0.2, 0) is 4.79 Å². The number of amides is 3. The van der Waals surface area contributed by atoms with Crippen LogP contribution in [0.3, 0.4) is 0 Å². The fourth-order valence-electron chi connectivity index (χ4n) is 6.92. The fraction of sp³-hybridized carbons (Fsp3) is 0.920. The molecule has 33 heavy (non-hydrogen) atoms. The van der Waals surface area contributed by atoms with E-state index < -0.39 is 0 Å². The largest absolute Gasteiger partial charge is 0.342 e.